The monoisotopic (exact) mass is 457 g/mol. The zero-order valence-electron chi connectivity index (χ0n) is 16.7. The average molecular weight is 458 g/mol. The van der Waals surface area contributed by atoms with Crippen molar-refractivity contribution in [3.05, 3.63) is 94.6 Å². The maximum absolute atomic E-state index is 13.9. The Bertz CT molecular complexity index is 1290. The normalized spacial score (nSPS) is 11.0. The summed E-state index contributed by atoms with van der Waals surface area (Å²) in [5.74, 6) is -0.402. The Morgan fingerprint density at radius 1 is 1.00 bits per heavy atom. The molecular formula is C24H18ClF2NO4. The van der Waals surface area contributed by atoms with E-state index in [1.165, 1.54) is 12.1 Å². The zero-order valence-corrected chi connectivity index (χ0v) is 17.5. The van der Waals surface area contributed by atoms with Crippen molar-refractivity contribution in [1.82, 2.24) is 4.57 Å². The molecule has 3 aromatic carbocycles. The highest BCUT2D eigenvalue weighted by molar-refractivity contribution is 6.30. The van der Waals surface area contributed by atoms with Crippen molar-refractivity contribution in [2.24, 2.45) is 0 Å². The fourth-order valence-corrected chi connectivity index (χ4v) is 3.70. The van der Waals surface area contributed by atoms with Crippen LogP contribution in [0.1, 0.15) is 11.1 Å². The molecule has 164 valence electrons. The van der Waals surface area contributed by atoms with Crippen LogP contribution in [0.4, 0.5) is 13.6 Å². The number of rotatable bonds is 7. The van der Waals surface area contributed by atoms with Gasteiger partial charge in [-0.1, -0.05) is 23.7 Å². The van der Waals surface area contributed by atoms with Gasteiger partial charge < -0.3 is 19.1 Å². The van der Waals surface area contributed by atoms with E-state index in [1.807, 2.05) is 16.8 Å². The summed E-state index contributed by atoms with van der Waals surface area (Å²) in [5.41, 5.74) is 1.94. The standard InChI is InChI=1S/C24H18ClF2NO4/c25-17-5-7-22(31-11-9-15-4-6-18(26)13-20(15)27)16(12-17)14-28-10-8-19-21(28)2-1-3-23(19)32-24(29)30/h1-8,10,12-13H,9,11,14H2,(H,29,30). The van der Waals surface area contributed by atoms with Crippen LogP contribution in [0.5, 0.6) is 11.5 Å². The van der Waals surface area contributed by atoms with Gasteiger partial charge in [0, 0.05) is 34.7 Å². The minimum atomic E-state index is -1.38. The summed E-state index contributed by atoms with van der Waals surface area (Å²) in [6.07, 6.45) is 0.711. The van der Waals surface area contributed by atoms with Gasteiger partial charge in [-0.25, -0.2) is 13.6 Å². The number of benzene rings is 3. The van der Waals surface area contributed by atoms with Gasteiger partial charge in [0.2, 0.25) is 0 Å². The maximum atomic E-state index is 13.9. The number of hydrogen-bond donors (Lipinski definition) is 1. The van der Waals surface area contributed by atoms with E-state index in [9.17, 15) is 13.6 Å². The molecule has 0 saturated heterocycles. The van der Waals surface area contributed by atoms with E-state index < -0.39 is 17.8 Å². The molecule has 1 heterocycles. The molecular weight excluding hydrogens is 440 g/mol. The first-order chi connectivity index (χ1) is 15.4. The highest BCUT2D eigenvalue weighted by Crippen LogP contribution is 2.30. The number of hydrogen-bond acceptors (Lipinski definition) is 3. The van der Waals surface area contributed by atoms with E-state index in [0.29, 0.717) is 28.3 Å². The lowest BCUT2D eigenvalue weighted by Gasteiger charge is -2.14. The van der Waals surface area contributed by atoms with Crippen molar-refractivity contribution in [3.8, 4) is 11.5 Å². The molecule has 0 spiro atoms. The van der Waals surface area contributed by atoms with E-state index in [4.69, 9.17) is 26.2 Å². The summed E-state index contributed by atoms with van der Waals surface area (Å²) in [7, 11) is 0. The first-order valence-electron chi connectivity index (χ1n) is 9.74. The van der Waals surface area contributed by atoms with Crippen molar-refractivity contribution in [1.29, 1.82) is 0 Å². The van der Waals surface area contributed by atoms with E-state index in [-0.39, 0.29) is 18.8 Å². The summed E-state index contributed by atoms with van der Waals surface area (Å²) in [6, 6.07) is 15.6. The van der Waals surface area contributed by atoms with E-state index >= 15 is 0 Å². The van der Waals surface area contributed by atoms with Gasteiger partial charge in [0.1, 0.15) is 23.1 Å². The molecule has 8 heteroatoms. The van der Waals surface area contributed by atoms with Crippen LogP contribution in [0.15, 0.2) is 66.9 Å². The van der Waals surface area contributed by atoms with Crippen LogP contribution < -0.4 is 9.47 Å². The SMILES string of the molecule is O=C(O)Oc1cccc2c1ccn2Cc1cc(Cl)ccc1OCCc1ccc(F)cc1F. The lowest BCUT2D eigenvalue weighted by atomic mass is 10.1. The molecule has 1 N–H and O–H groups in total. The molecule has 0 amide bonds. The smallest absolute Gasteiger partial charge is 0.493 e. The van der Waals surface area contributed by atoms with Crippen LogP contribution in [0, 0.1) is 11.6 Å². The lowest BCUT2D eigenvalue weighted by molar-refractivity contribution is 0.145. The van der Waals surface area contributed by atoms with Gasteiger partial charge >= 0.3 is 6.16 Å². The minimum Gasteiger partial charge on any atom is -0.493 e. The number of nitrogens with zero attached hydrogens (tertiary/aromatic N) is 1. The number of fused-ring (bicyclic) bond motifs is 1. The first kappa shape index (κ1) is 21.6. The van der Waals surface area contributed by atoms with Crippen molar-refractivity contribution in [3.63, 3.8) is 0 Å². The Labute approximate surface area is 187 Å². The van der Waals surface area contributed by atoms with Crippen LogP contribution in [-0.4, -0.2) is 22.4 Å². The summed E-state index contributed by atoms with van der Waals surface area (Å²) >= 11 is 6.19. The second-order valence-corrected chi connectivity index (χ2v) is 7.52. The quantitative estimate of drug-likeness (QED) is 0.261. The molecule has 0 atom stereocenters. The predicted octanol–water partition coefficient (Wildman–Crippen LogP) is 6.30. The first-order valence-corrected chi connectivity index (χ1v) is 10.1. The molecule has 4 rings (SSSR count). The number of ether oxygens (including phenoxy) is 2. The molecule has 0 aliphatic heterocycles. The predicted molar refractivity (Wildman–Crippen MR) is 117 cm³/mol. The van der Waals surface area contributed by atoms with Crippen LogP contribution in [0.25, 0.3) is 10.9 Å². The van der Waals surface area contributed by atoms with Crippen LogP contribution in [0.3, 0.4) is 0 Å². The van der Waals surface area contributed by atoms with Gasteiger partial charge in [0.25, 0.3) is 0 Å². The summed E-state index contributed by atoms with van der Waals surface area (Å²) in [6.45, 7) is 0.598. The fraction of sp³-hybridized carbons (Fsp3) is 0.125. The molecule has 0 aliphatic rings. The molecule has 4 aromatic rings. The second-order valence-electron chi connectivity index (χ2n) is 7.09. The van der Waals surface area contributed by atoms with Gasteiger partial charge in [0.15, 0.2) is 0 Å². The van der Waals surface area contributed by atoms with Crippen LogP contribution >= 0.6 is 11.6 Å². The Morgan fingerprint density at radius 2 is 1.84 bits per heavy atom. The molecule has 0 aliphatic carbocycles. The Balaban J connectivity index is 1.54. The molecule has 32 heavy (non-hydrogen) atoms. The van der Waals surface area contributed by atoms with Crippen LogP contribution in [0.2, 0.25) is 5.02 Å². The van der Waals surface area contributed by atoms with Crippen molar-refractivity contribution in [2.45, 2.75) is 13.0 Å². The number of carbonyl (C=O) groups is 1. The molecule has 0 saturated carbocycles. The third kappa shape index (κ3) is 4.84. The Kier molecular flexibility index (Phi) is 6.28. The van der Waals surface area contributed by atoms with Crippen molar-refractivity contribution in [2.75, 3.05) is 6.61 Å². The fourth-order valence-electron chi connectivity index (χ4n) is 3.51. The molecule has 0 radical (unpaired) electrons. The Hall–Kier alpha value is -3.58. The molecule has 0 bridgehead atoms. The van der Waals surface area contributed by atoms with Gasteiger partial charge in [-0.05, 0) is 48.0 Å². The lowest BCUT2D eigenvalue weighted by Crippen LogP contribution is -2.07. The van der Waals surface area contributed by atoms with E-state index in [0.717, 1.165) is 17.1 Å². The highest BCUT2D eigenvalue weighted by Gasteiger charge is 2.12. The maximum Gasteiger partial charge on any atom is 0.511 e. The number of halogens is 3. The molecule has 1 aromatic heterocycles. The largest absolute Gasteiger partial charge is 0.511 e. The summed E-state index contributed by atoms with van der Waals surface area (Å²) < 4.78 is 39.6. The van der Waals surface area contributed by atoms with Gasteiger partial charge in [-0.2, -0.15) is 0 Å². The topological polar surface area (TPSA) is 60.7 Å². The zero-order chi connectivity index (χ0) is 22.7. The second kappa shape index (κ2) is 9.28. The van der Waals surface area contributed by atoms with Crippen LogP contribution in [-0.2, 0) is 13.0 Å². The Morgan fingerprint density at radius 3 is 2.62 bits per heavy atom. The summed E-state index contributed by atoms with van der Waals surface area (Å²) in [4.78, 5) is 10.9. The third-order valence-corrected chi connectivity index (χ3v) is 5.21. The third-order valence-electron chi connectivity index (χ3n) is 4.98. The molecule has 0 fully saturated rings. The number of aromatic nitrogens is 1. The van der Waals surface area contributed by atoms with E-state index in [2.05, 4.69) is 0 Å². The average Bonchev–Trinajstić information content (AvgIpc) is 3.15. The summed E-state index contributed by atoms with van der Waals surface area (Å²) in [5, 5.41) is 10.1. The molecule has 5 nitrogen and oxygen atoms in total. The highest BCUT2D eigenvalue weighted by atomic mass is 35.5. The minimum absolute atomic E-state index is 0.195. The van der Waals surface area contributed by atoms with Gasteiger partial charge in [-0.15, -0.1) is 0 Å². The van der Waals surface area contributed by atoms with Crippen molar-refractivity contribution < 1.29 is 28.2 Å². The van der Waals surface area contributed by atoms with Gasteiger partial charge in [0.05, 0.1) is 18.7 Å². The van der Waals surface area contributed by atoms with E-state index in [1.54, 1.807) is 36.4 Å². The molecule has 0 unspecified atom stereocenters. The van der Waals surface area contributed by atoms with Gasteiger partial charge in [-0.3, -0.25) is 0 Å². The van der Waals surface area contributed by atoms with Crippen molar-refractivity contribution >= 4 is 28.7 Å². The number of carboxylic acid groups (broad SMARTS) is 1.